The normalized spacial score (nSPS) is 17.4. The second kappa shape index (κ2) is 8.99. The van der Waals surface area contributed by atoms with Gasteiger partial charge in [0.15, 0.2) is 5.11 Å². The number of aromatic nitrogens is 1. The predicted octanol–water partition coefficient (Wildman–Crippen LogP) is 5.23. The Bertz CT molecular complexity index is 1350. The molecule has 34 heavy (non-hydrogen) atoms. The Morgan fingerprint density at radius 3 is 2.68 bits per heavy atom. The molecule has 3 heterocycles. The maximum atomic E-state index is 11.4. The van der Waals surface area contributed by atoms with Crippen LogP contribution in [0.2, 0.25) is 0 Å². The van der Waals surface area contributed by atoms with Crippen LogP contribution in [0.25, 0.3) is 11.3 Å². The minimum atomic E-state index is -0.989. The lowest BCUT2D eigenvalue weighted by Gasteiger charge is -2.27. The zero-order valence-electron chi connectivity index (χ0n) is 18.2. The number of thiocarbonyl (C=S) groups is 1. The number of benzene rings is 2. The summed E-state index contributed by atoms with van der Waals surface area (Å²) in [5, 5.41) is 13.3. The Balaban J connectivity index is 1.61. The molecule has 0 radical (unpaired) electrons. The van der Waals surface area contributed by atoms with Crippen LogP contribution in [-0.2, 0) is 0 Å². The highest BCUT2D eigenvalue weighted by Crippen LogP contribution is 2.45. The monoisotopic (exact) mass is 471 g/mol. The first-order valence-corrected chi connectivity index (χ1v) is 11.0. The lowest BCUT2D eigenvalue weighted by Crippen LogP contribution is -2.29. The average molecular weight is 472 g/mol. The Labute approximate surface area is 201 Å². The van der Waals surface area contributed by atoms with Crippen molar-refractivity contribution in [2.75, 3.05) is 12.0 Å². The van der Waals surface area contributed by atoms with Gasteiger partial charge in [-0.3, -0.25) is 4.98 Å². The summed E-state index contributed by atoms with van der Waals surface area (Å²) in [5.74, 6) is 0.913. The molecule has 0 saturated carbocycles. The smallest absolute Gasteiger partial charge is 0.335 e. The first-order valence-electron chi connectivity index (χ1n) is 10.6. The summed E-state index contributed by atoms with van der Waals surface area (Å²) in [6, 6.07) is 23.2. The summed E-state index contributed by atoms with van der Waals surface area (Å²) in [4.78, 5) is 17.9. The maximum Gasteiger partial charge on any atom is 0.335 e. The van der Waals surface area contributed by atoms with Gasteiger partial charge in [0.2, 0.25) is 0 Å². The molecule has 2 aromatic heterocycles. The van der Waals surface area contributed by atoms with E-state index in [-0.39, 0.29) is 17.6 Å². The molecule has 2 aromatic carbocycles. The quantitative estimate of drug-likeness (QED) is 0.370. The van der Waals surface area contributed by atoms with Gasteiger partial charge >= 0.3 is 5.97 Å². The number of hydrogen-bond acceptors (Lipinski definition) is 5. The summed E-state index contributed by atoms with van der Waals surface area (Å²) >= 11 is 5.75. The number of furan rings is 1. The average Bonchev–Trinajstić information content (AvgIpc) is 3.49. The Morgan fingerprint density at radius 2 is 1.91 bits per heavy atom. The fourth-order valence-corrected chi connectivity index (χ4v) is 4.54. The highest BCUT2D eigenvalue weighted by atomic mass is 32.1. The zero-order valence-corrected chi connectivity index (χ0v) is 19.0. The highest BCUT2D eigenvalue weighted by molar-refractivity contribution is 7.80. The number of carboxylic acids is 1. The van der Waals surface area contributed by atoms with Crippen LogP contribution < -0.4 is 15.0 Å². The SMILES string of the molecule is COc1ccccc1N1C(=S)N[C@@H](c2ccccn2)[C@H]1c1ccc(-c2cccc(C(=O)O)c2)o1. The number of aromatic carboxylic acids is 1. The van der Waals surface area contributed by atoms with E-state index < -0.39 is 5.97 Å². The van der Waals surface area contributed by atoms with Crippen molar-refractivity contribution in [2.45, 2.75) is 12.1 Å². The molecular formula is C26H21N3O4S. The Morgan fingerprint density at radius 1 is 1.09 bits per heavy atom. The first kappa shape index (κ1) is 21.7. The minimum Gasteiger partial charge on any atom is -0.495 e. The maximum absolute atomic E-state index is 11.4. The van der Waals surface area contributed by atoms with Crippen LogP contribution >= 0.6 is 12.2 Å². The summed E-state index contributed by atoms with van der Waals surface area (Å²) in [6.45, 7) is 0. The highest BCUT2D eigenvalue weighted by Gasteiger charge is 2.43. The molecule has 0 amide bonds. The van der Waals surface area contributed by atoms with Gasteiger partial charge in [0.25, 0.3) is 0 Å². The van der Waals surface area contributed by atoms with Crippen molar-refractivity contribution in [1.82, 2.24) is 10.3 Å². The van der Waals surface area contributed by atoms with Crippen LogP contribution in [0.1, 0.15) is 33.9 Å². The number of pyridine rings is 1. The van der Waals surface area contributed by atoms with Crippen LogP contribution in [0, 0.1) is 0 Å². The van der Waals surface area contributed by atoms with Gasteiger partial charge in [-0.1, -0.05) is 30.3 Å². The van der Waals surface area contributed by atoms with Gasteiger partial charge in [0, 0.05) is 11.8 Å². The molecule has 1 aliphatic heterocycles. The number of nitrogens with zero attached hydrogens (tertiary/aromatic N) is 2. The van der Waals surface area contributed by atoms with Crippen molar-refractivity contribution in [3.63, 3.8) is 0 Å². The molecule has 2 N–H and O–H groups in total. The van der Waals surface area contributed by atoms with Crippen molar-refractivity contribution in [1.29, 1.82) is 0 Å². The predicted molar refractivity (Wildman–Crippen MR) is 132 cm³/mol. The van der Waals surface area contributed by atoms with Crippen molar-refractivity contribution in [3.05, 3.63) is 102 Å². The van der Waals surface area contributed by atoms with E-state index in [1.165, 1.54) is 0 Å². The van der Waals surface area contributed by atoms with Gasteiger partial charge in [0.1, 0.15) is 23.3 Å². The van der Waals surface area contributed by atoms with Crippen LogP contribution in [0.4, 0.5) is 5.69 Å². The van der Waals surface area contributed by atoms with Crippen molar-refractivity contribution in [3.8, 4) is 17.1 Å². The number of hydrogen-bond donors (Lipinski definition) is 2. The molecule has 1 aliphatic rings. The summed E-state index contributed by atoms with van der Waals surface area (Å²) < 4.78 is 11.9. The van der Waals surface area contributed by atoms with Crippen LogP contribution in [0.15, 0.2) is 89.5 Å². The summed E-state index contributed by atoms with van der Waals surface area (Å²) in [7, 11) is 1.62. The van der Waals surface area contributed by atoms with Gasteiger partial charge in [-0.05, 0) is 60.7 Å². The van der Waals surface area contributed by atoms with E-state index in [0.717, 1.165) is 11.4 Å². The molecule has 0 unspecified atom stereocenters. The fourth-order valence-electron chi connectivity index (χ4n) is 4.20. The van der Waals surface area contributed by atoms with Crippen molar-refractivity contribution >= 4 is 29.0 Å². The van der Waals surface area contributed by atoms with Gasteiger partial charge < -0.3 is 24.5 Å². The third-order valence-electron chi connectivity index (χ3n) is 5.76. The van der Waals surface area contributed by atoms with E-state index in [9.17, 15) is 9.90 Å². The second-order valence-electron chi connectivity index (χ2n) is 7.76. The Hall–Kier alpha value is -4.17. The molecule has 1 fully saturated rings. The molecular weight excluding hydrogens is 450 g/mol. The topological polar surface area (TPSA) is 87.8 Å². The van der Waals surface area contributed by atoms with E-state index in [1.807, 2.05) is 65.6 Å². The summed E-state index contributed by atoms with van der Waals surface area (Å²) in [6.07, 6.45) is 1.74. The molecule has 0 bridgehead atoms. The van der Waals surface area contributed by atoms with Gasteiger partial charge in [-0.15, -0.1) is 0 Å². The standard InChI is InChI=1S/C26H21N3O4S/c1-32-21-11-3-2-10-19(21)29-24(23(28-26(29)34)18-9-4-5-14-27-18)22-13-12-20(33-22)16-7-6-8-17(15-16)25(30)31/h2-15,23-24H,1H3,(H,28,34)(H,30,31)/t23-,24+/m0/s1. The van der Waals surface area contributed by atoms with Crippen LogP contribution in [-0.4, -0.2) is 28.3 Å². The fraction of sp³-hybridized carbons (Fsp3) is 0.115. The molecule has 0 aliphatic carbocycles. The number of carboxylic acid groups (broad SMARTS) is 1. The van der Waals surface area contributed by atoms with E-state index in [1.54, 1.807) is 31.5 Å². The number of anilines is 1. The van der Waals surface area contributed by atoms with Crippen molar-refractivity contribution in [2.24, 2.45) is 0 Å². The number of rotatable bonds is 6. The number of nitrogens with one attached hydrogen (secondary N) is 1. The van der Waals surface area contributed by atoms with Gasteiger partial charge in [0.05, 0.1) is 30.1 Å². The molecule has 8 heteroatoms. The van der Waals surface area contributed by atoms with Crippen LogP contribution in [0.3, 0.4) is 0 Å². The lowest BCUT2D eigenvalue weighted by molar-refractivity contribution is 0.0697. The molecule has 4 aromatic rings. The number of carbonyl (C=O) groups is 1. The first-order chi connectivity index (χ1) is 16.6. The van der Waals surface area contributed by atoms with E-state index in [4.69, 9.17) is 21.4 Å². The molecule has 7 nitrogen and oxygen atoms in total. The third kappa shape index (κ3) is 3.88. The molecule has 0 spiro atoms. The number of para-hydroxylation sites is 2. The number of methoxy groups -OCH3 is 1. The lowest BCUT2D eigenvalue weighted by atomic mass is 10.0. The molecule has 170 valence electrons. The molecule has 1 saturated heterocycles. The molecule has 2 atom stereocenters. The Kier molecular flexibility index (Phi) is 5.73. The van der Waals surface area contributed by atoms with E-state index in [2.05, 4.69) is 10.3 Å². The summed E-state index contributed by atoms with van der Waals surface area (Å²) in [5.41, 5.74) is 2.49. The van der Waals surface area contributed by atoms with Gasteiger partial charge in [-0.2, -0.15) is 0 Å². The van der Waals surface area contributed by atoms with E-state index in [0.29, 0.717) is 27.9 Å². The molecule has 5 rings (SSSR count). The van der Waals surface area contributed by atoms with E-state index >= 15 is 0 Å². The largest absolute Gasteiger partial charge is 0.495 e. The third-order valence-corrected chi connectivity index (χ3v) is 6.07. The van der Waals surface area contributed by atoms with Gasteiger partial charge in [-0.25, -0.2) is 4.79 Å². The van der Waals surface area contributed by atoms with Crippen LogP contribution in [0.5, 0.6) is 5.75 Å². The zero-order chi connectivity index (χ0) is 23.7. The second-order valence-corrected chi connectivity index (χ2v) is 8.14. The minimum absolute atomic E-state index is 0.196. The van der Waals surface area contributed by atoms with Crippen molar-refractivity contribution < 1.29 is 19.1 Å². The number of ether oxygens (including phenoxy) is 1.